The summed E-state index contributed by atoms with van der Waals surface area (Å²) in [6, 6.07) is 18.2. The van der Waals surface area contributed by atoms with Gasteiger partial charge in [-0.2, -0.15) is 0 Å². The molecule has 2 aromatic carbocycles. The summed E-state index contributed by atoms with van der Waals surface area (Å²) < 4.78 is 27.7. The molecule has 1 heterocycles. The standard InChI is InChI=1S/C32H44N4O10/c37-29(23-33-31(39)46-26-28-9-5-2-6-10-28)34-11-15-42-19-21-44-17-13-35(14-18-45-22-20-43-16-12-34)30(38)25-36(32(40)41)24-27-7-3-1-4-8-27/h1-10H,11-26H2,(H,33,39)(H,40,41)/p-1. The first kappa shape index (κ1) is 36.2. The molecule has 14 nitrogen and oxygen atoms in total. The molecular weight excluding hydrogens is 600 g/mol. The van der Waals surface area contributed by atoms with E-state index in [1.165, 1.54) is 4.90 Å². The Bertz CT molecular complexity index is 1170. The molecule has 2 aromatic rings. The SMILES string of the molecule is O=C(NCC(=O)N1CCOCCOCCN(C(=O)CN(Cc2ccccc2)C(=O)[O-])CCOCCOCC1)OCc1ccccc1. The van der Waals surface area contributed by atoms with Crippen LogP contribution in [0.15, 0.2) is 60.7 Å². The Kier molecular flexibility index (Phi) is 16.9. The molecule has 0 radical (unpaired) electrons. The van der Waals surface area contributed by atoms with Crippen LogP contribution in [0.25, 0.3) is 0 Å². The maximum atomic E-state index is 13.1. The van der Waals surface area contributed by atoms with Crippen molar-refractivity contribution in [3.05, 3.63) is 71.8 Å². The van der Waals surface area contributed by atoms with E-state index in [4.69, 9.17) is 23.7 Å². The molecule has 46 heavy (non-hydrogen) atoms. The molecule has 0 atom stereocenters. The van der Waals surface area contributed by atoms with Gasteiger partial charge in [0.15, 0.2) is 0 Å². The van der Waals surface area contributed by atoms with Gasteiger partial charge in [0.2, 0.25) is 11.8 Å². The van der Waals surface area contributed by atoms with Crippen LogP contribution >= 0.6 is 0 Å². The molecule has 1 N–H and O–H groups in total. The quantitative estimate of drug-likeness (QED) is 0.429. The van der Waals surface area contributed by atoms with Gasteiger partial charge >= 0.3 is 6.09 Å². The molecule has 0 bridgehead atoms. The summed E-state index contributed by atoms with van der Waals surface area (Å²) in [5.41, 5.74) is 1.58. The van der Waals surface area contributed by atoms with Gasteiger partial charge in [0.1, 0.15) is 19.2 Å². The molecule has 252 valence electrons. The second-order valence-corrected chi connectivity index (χ2v) is 10.2. The Labute approximate surface area is 269 Å². The number of hydrogen-bond donors (Lipinski definition) is 1. The number of amides is 4. The third kappa shape index (κ3) is 14.7. The van der Waals surface area contributed by atoms with E-state index in [1.54, 1.807) is 29.2 Å². The predicted octanol–water partition coefficient (Wildman–Crippen LogP) is 0.496. The van der Waals surface area contributed by atoms with Gasteiger partial charge in [0.25, 0.3) is 0 Å². The minimum Gasteiger partial charge on any atom is -0.530 e. The van der Waals surface area contributed by atoms with E-state index >= 15 is 0 Å². The minimum atomic E-state index is -1.43. The number of carbonyl (C=O) groups is 4. The largest absolute Gasteiger partial charge is 0.530 e. The average Bonchev–Trinajstić information content (AvgIpc) is 3.06. The van der Waals surface area contributed by atoms with E-state index in [9.17, 15) is 24.3 Å². The molecule has 1 aliphatic heterocycles. The number of hydrogen-bond acceptors (Lipinski definition) is 10. The van der Waals surface area contributed by atoms with Gasteiger partial charge in [0.05, 0.1) is 59.4 Å². The highest BCUT2D eigenvalue weighted by molar-refractivity contribution is 5.82. The Morgan fingerprint density at radius 3 is 1.61 bits per heavy atom. The molecule has 0 aliphatic carbocycles. The van der Waals surface area contributed by atoms with Crippen LogP contribution in [0.2, 0.25) is 0 Å². The Balaban J connectivity index is 1.42. The fraction of sp³-hybridized carbons (Fsp3) is 0.500. The van der Waals surface area contributed by atoms with Gasteiger partial charge in [0, 0.05) is 32.7 Å². The first-order valence-electron chi connectivity index (χ1n) is 15.2. The highest BCUT2D eigenvalue weighted by Crippen LogP contribution is 2.06. The molecule has 4 amide bonds. The van der Waals surface area contributed by atoms with Crippen molar-refractivity contribution >= 4 is 24.0 Å². The topological polar surface area (TPSA) is 159 Å². The number of alkyl carbamates (subject to hydrolysis) is 1. The first-order valence-corrected chi connectivity index (χ1v) is 15.2. The Morgan fingerprint density at radius 1 is 0.674 bits per heavy atom. The summed E-state index contributed by atoms with van der Waals surface area (Å²) in [5, 5.41) is 14.2. The maximum absolute atomic E-state index is 13.1. The summed E-state index contributed by atoms with van der Waals surface area (Å²) in [6.07, 6.45) is -2.12. The van der Waals surface area contributed by atoms with Crippen LogP contribution in [0.1, 0.15) is 11.1 Å². The van der Waals surface area contributed by atoms with Crippen LogP contribution in [0.4, 0.5) is 9.59 Å². The van der Waals surface area contributed by atoms with E-state index in [2.05, 4.69) is 5.32 Å². The summed E-state index contributed by atoms with van der Waals surface area (Å²) >= 11 is 0. The molecule has 0 spiro atoms. The predicted molar refractivity (Wildman–Crippen MR) is 163 cm³/mol. The van der Waals surface area contributed by atoms with Crippen LogP contribution in [0.5, 0.6) is 0 Å². The van der Waals surface area contributed by atoms with E-state index in [1.807, 2.05) is 36.4 Å². The zero-order chi connectivity index (χ0) is 32.8. The lowest BCUT2D eigenvalue weighted by atomic mass is 10.2. The third-order valence-corrected chi connectivity index (χ3v) is 6.87. The lowest BCUT2D eigenvalue weighted by Crippen LogP contribution is -2.48. The van der Waals surface area contributed by atoms with Crippen LogP contribution in [-0.4, -0.2) is 131 Å². The molecule has 0 unspecified atom stereocenters. The number of rotatable bonds is 8. The highest BCUT2D eigenvalue weighted by atomic mass is 16.5. The fourth-order valence-electron chi connectivity index (χ4n) is 4.35. The normalized spacial score (nSPS) is 16.0. The van der Waals surface area contributed by atoms with E-state index in [-0.39, 0.29) is 111 Å². The number of benzene rings is 2. The van der Waals surface area contributed by atoms with Crippen molar-refractivity contribution in [2.45, 2.75) is 13.2 Å². The van der Waals surface area contributed by atoms with Crippen molar-refractivity contribution in [1.29, 1.82) is 0 Å². The third-order valence-electron chi connectivity index (χ3n) is 6.87. The van der Waals surface area contributed by atoms with Gasteiger partial charge in [-0.25, -0.2) is 4.79 Å². The number of nitrogens with one attached hydrogen (secondary N) is 1. The van der Waals surface area contributed by atoms with Crippen molar-refractivity contribution in [2.24, 2.45) is 0 Å². The molecule has 0 saturated carbocycles. The Morgan fingerprint density at radius 2 is 1.13 bits per heavy atom. The fourth-order valence-corrected chi connectivity index (χ4v) is 4.35. The van der Waals surface area contributed by atoms with Gasteiger partial charge in [-0.05, 0) is 11.1 Å². The van der Waals surface area contributed by atoms with Crippen LogP contribution < -0.4 is 10.4 Å². The molecule has 3 rings (SSSR count). The van der Waals surface area contributed by atoms with E-state index in [0.717, 1.165) is 16.0 Å². The second-order valence-electron chi connectivity index (χ2n) is 10.2. The second kappa shape index (κ2) is 21.5. The van der Waals surface area contributed by atoms with Crippen molar-refractivity contribution in [1.82, 2.24) is 20.0 Å². The van der Waals surface area contributed by atoms with Gasteiger partial charge < -0.3 is 53.6 Å². The lowest BCUT2D eigenvalue weighted by molar-refractivity contribution is -0.266. The Hall–Kier alpha value is -4.24. The monoisotopic (exact) mass is 643 g/mol. The molecule has 1 aliphatic rings. The van der Waals surface area contributed by atoms with Crippen molar-refractivity contribution in [2.75, 3.05) is 92.1 Å². The molecule has 0 aromatic heterocycles. The van der Waals surface area contributed by atoms with Crippen molar-refractivity contribution < 1.29 is 48.0 Å². The number of carboxylic acid groups (broad SMARTS) is 1. The smallest absolute Gasteiger partial charge is 0.407 e. The van der Waals surface area contributed by atoms with E-state index in [0.29, 0.717) is 0 Å². The van der Waals surface area contributed by atoms with E-state index < -0.39 is 18.1 Å². The zero-order valence-electron chi connectivity index (χ0n) is 26.0. The molecule has 14 heteroatoms. The molecular formula is C32H43N4O10-. The van der Waals surface area contributed by atoms with Crippen LogP contribution in [0, 0.1) is 0 Å². The summed E-state index contributed by atoms with van der Waals surface area (Å²) in [6.45, 7) is 2.47. The summed E-state index contributed by atoms with van der Waals surface area (Å²) in [4.78, 5) is 53.7. The number of nitrogens with zero attached hydrogens (tertiary/aromatic N) is 3. The molecule has 1 fully saturated rings. The summed E-state index contributed by atoms with van der Waals surface area (Å²) in [7, 11) is 0. The first-order chi connectivity index (χ1) is 22.4. The average molecular weight is 644 g/mol. The van der Waals surface area contributed by atoms with Crippen molar-refractivity contribution in [3.8, 4) is 0 Å². The van der Waals surface area contributed by atoms with Gasteiger partial charge in [-0.3, -0.25) is 9.59 Å². The lowest BCUT2D eigenvalue weighted by Gasteiger charge is -2.29. The van der Waals surface area contributed by atoms with Crippen LogP contribution in [-0.2, 0) is 46.4 Å². The van der Waals surface area contributed by atoms with Crippen molar-refractivity contribution in [3.63, 3.8) is 0 Å². The zero-order valence-corrected chi connectivity index (χ0v) is 26.0. The summed E-state index contributed by atoms with van der Waals surface area (Å²) in [5.74, 6) is -0.700. The molecule has 1 saturated heterocycles. The highest BCUT2D eigenvalue weighted by Gasteiger charge is 2.19. The maximum Gasteiger partial charge on any atom is 0.407 e. The van der Waals surface area contributed by atoms with Gasteiger partial charge in [-0.15, -0.1) is 0 Å². The number of ether oxygens (including phenoxy) is 5. The van der Waals surface area contributed by atoms with Crippen LogP contribution in [0.3, 0.4) is 0 Å². The number of carbonyl (C=O) groups excluding carboxylic acids is 4. The van der Waals surface area contributed by atoms with Gasteiger partial charge in [-0.1, -0.05) is 60.7 Å². The minimum absolute atomic E-state index is 0.0330.